The van der Waals surface area contributed by atoms with Crippen LogP contribution in [0.3, 0.4) is 0 Å². The largest absolute Gasteiger partial charge is 0.393 e. The monoisotopic (exact) mass is 331 g/mol. The summed E-state index contributed by atoms with van der Waals surface area (Å²) in [6, 6.07) is 7.89. The lowest BCUT2D eigenvalue weighted by Gasteiger charge is -2.17. The molecular weight excluding hydrogens is 314 g/mol. The minimum Gasteiger partial charge on any atom is -0.393 e. The van der Waals surface area contributed by atoms with E-state index in [0.717, 1.165) is 9.37 Å². The van der Waals surface area contributed by atoms with Crippen LogP contribution in [0.2, 0.25) is 0 Å². The smallest absolute Gasteiger partial charge is 0.232 e. The van der Waals surface area contributed by atoms with E-state index in [1.807, 2.05) is 24.3 Å². The molecule has 1 rings (SSSR count). The molecule has 3 nitrogen and oxygen atoms in total. The second kappa shape index (κ2) is 7.81. The lowest BCUT2D eigenvalue weighted by Crippen LogP contribution is -2.30. The minimum atomic E-state index is -0.363. The Balaban J connectivity index is 2.36. The predicted octanol–water partition coefficient (Wildman–Crippen LogP) is 2.77. The van der Waals surface area contributed by atoms with Gasteiger partial charge < -0.3 is 10.0 Å². The van der Waals surface area contributed by atoms with E-state index < -0.39 is 0 Å². The van der Waals surface area contributed by atoms with E-state index in [1.54, 1.807) is 18.9 Å². The number of carbonyl (C=O) groups is 1. The molecule has 100 valence electrons. The highest BCUT2D eigenvalue weighted by Crippen LogP contribution is 2.22. The van der Waals surface area contributed by atoms with Crippen molar-refractivity contribution >= 4 is 33.6 Å². The minimum absolute atomic E-state index is 0.0839. The number of nitrogens with zero attached hydrogens (tertiary/aromatic N) is 1. The number of aliphatic hydroxyl groups is 1. The van der Waals surface area contributed by atoms with Crippen LogP contribution in [0.15, 0.2) is 33.6 Å². The Hall–Kier alpha value is -0.520. The molecule has 0 aliphatic carbocycles. The summed E-state index contributed by atoms with van der Waals surface area (Å²) in [7, 11) is 1.77. The van der Waals surface area contributed by atoms with Crippen LogP contribution in [-0.2, 0) is 4.79 Å². The molecule has 0 fully saturated rings. The van der Waals surface area contributed by atoms with Gasteiger partial charge in [-0.15, -0.1) is 11.8 Å². The van der Waals surface area contributed by atoms with Crippen molar-refractivity contribution in [3.8, 4) is 0 Å². The van der Waals surface area contributed by atoms with Gasteiger partial charge in [-0.25, -0.2) is 0 Å². The Morgan fingerprint density at radius 2 is 2.28 bits per heavy atom. The van der Waals surface area contributed by atoms with Crippen LogP contribution in [0.25, 0.3) is 0 Å². The molecule has 0 aliphatic heterocycles. The van der Waals surface area contributed by atoms with E-state index >= 15 is 0 Å². The first-order chi connectivity index (χ1) is 8.49. The first kappa shape index (κ1) is 15.5. The van der Waals surface area contributed by atoms with Crippen molar-refractivity contribution in [2.75, 3.05) is 19.3 Å². The van der Waals surface area contributed by atoms with Crippen LogP contribution < -0.4 is 0 Å². The van der Waals surface area contributed by atoms with Gasteiger partial charge in [-0.2, -0.15) is 0 Å². The van der Waals surface area contributed by atoms with Crippen LogP contribution in [-0.4, -0.2) is 41.4 Å². The summed E-state index contributed by atoms with van der Waals surface area (Å²) in [6.07, 6.45) is 0.252. The van der Waals surface area contributed by atoms with Gasteiger partial charge in [0.25, 0.3) is 0 Å². The van der Waals surface area contributed by atoms with E-state index in [1.165, 1.54) is 11.8 Å². The second-order valence-corrected chi connectivity index (χ2v) is 6.16. The fraction of sp³-hybridized carbons (Fsp3) is 0.462. The average molecular weight is 332 g/mol. The van der Waals surface area contributed by atoms with E-state index in [2.05, 4.69) is 15.9 Å². The second-order valence-electron chi connectivity index (χ2n) is 4.20. The topological polar surface area (TPSA) is 40.5 Å². The highest BCUT2D eigenvalue weighted by atomic mass is 79.9. The van der Waals surface area contributed by atoms with E-state index in [-0.39, 0.29) is 12.0 Å². The highest BCUT2D eigenvalue weighted by Gasteiger charge is 2.10. The van der Waals surface area contributed by atoms with Crippen molar-refractivity contribution in [2.45, 2.75) is 24.3 Å². The SMILES string of the molecule is CC(O)CCN(C)C(=O)CSc1cccc(Br)c1. The average Bonchev–Trinajstić information content (AvgIpc) is 2.33. The normalized spacial score (nSPS) is 12.2. The fourth-order valence-electron chi connectivity index (χ4n) is 1.32. The molecule has 0 radical (unpaired) electrons. The Bertz CT molecular complexity index is 398. The summed E-state index contributed by atoms with van der Waals surface area (Å²) >= 11 is 4.92. The molecule has 1 amide bonds. The molecule has 0 heterocycles. The Labute approximate surface area is 121 Å². The maximum Gasteiger partial charge on any atom is 0.232 e. The number of aliphatic hydroxyl groups excluding tert-OH is 1. The zero-order valence-electron chi connectivity index (χ0n) is 10.6. The molecule has 5 heteroatoms. The third-order valence-corrected chi connectivity index (χ3v) is 3.94. The van der Waals surface area contributed by atoms with Crippen molar-refractivity contribution in [2.24, 2.45) is 0 Å². The first-order valence-electron chi connectivity index (χ1n) is 5.79. The van der Waals surface area contributed by atoms with Crippen molar-refractivity contribution in [1.29, 1.82) is 0 Å². The molecule has 1 atom stereocenters. The number of halogens is 1. The van der Waals surface area contributed by atoms with Gasteiger partial charge in [0.15, 0.2) is 0 Å². The molecule has 1 unspecified atom stereocenters. The summed E-state index contributed by atoms with van der Waals surface area (Å²) in [4.78, 5) is 14.6. The fourth-order valence-corrected chi connectivity index (χ4v) is 2.76. The van der Waals surface area contributed by atoms with Gasteiger partial charge in [-0.05, 0) is 31.5 Å². The van der Waals surface area contributed by atoms with E-state index in [0.29, 0.717) is 18.7 Å². The molecule has 0 aliphatic rings. The Kier molecular flexibility index (Phi) is 6.75. The maximum absolute atomic E-state index is 11.8. The molecule has 1 N–H and O–H groups in total. The van der Waals surface area contributed by atoms with Crippen molar-refractivity contribution in [3.63, 3.8) is 0 Å². The first-order valence-corrected chi connectivity index (χ1v) is 7.57. The maximum atomic E-state index is 11.8. The van der Waals surface area contributed by atoms with Crippen molar-refractivity contribution in [3.05, 3.63) is 28.7 Å². The van der Waals surface area contributed by atoms with Crippen molar-refractivity contribution in [1.82, 2.24) is 4.90 Å². The lowest BCUT2D eigenvalue weighted by atomic mass is 10.3. The summed E-state index contributed by atoms with van der Waals surface area (Å²) in [6.45, 7) is 2.32. The van der Waals surface area contributed by atoms with Crippen LogP contribution >= 0.6 is 27.7 Å². The molecule has 1 aromatic carbocycles. The standard InChI is InChI=1S/C13H18BrNO2S/c1-10(16)6-7-15(2)13(17)9-18-12-5-3-4-11(14)8-12/h3-5,8,10,16H,6-7,9H2,1-2H3. The number of rotatable bonds is 6. The van der Waals surface area contributed by atoms with Crippen molar-refractivity contribution < 1.29 is 9.90 Å². The lowest BCUT2D eigenvalue weighted by molar-refractivity contribution is -0.127. The number of amides is 1. The molecule has 0 saturated heterocycles. The highest BCUT2D eigenvalue weighted by molar-refractivity contribution is 9.10. The molecule has 0 saturated carbocycles. The molecule has 18 heavy (non-hydrogen) atoms. The van der Waals surface area contributed by atoms with Gasteiger partial charge in [0.2, 0.25) is 5.91 Å². The van der Waals surface area contributed by atoms with E-state index in [9.17, 15) is 9.90 Å². The number of thioether (sulfide) groups is 1. The van der Waals surface area contributed by atoms with Gasteiger partial charge >= 0.3 is 0 Å². The van der Waals surface area contributed by atoms with Gasteiger partial charge in [-0.1, -0.05) is 22.0 Å². The summed E-state index contributed by atoms with van der Waals surface area (Å²) in [5, 5.41) is 9.17. The zero-order chi connectivity index (χ0) is 13.5. The predicted molar refractivity (Wildman–Crippen MR) is 78.8 cm³/mol. The number of carbonyl (C=O) groups excluding carboxylic acids is 1. The number of hydrogen-bond acceptors (Lipinski definition) is 3. The van der Waals surface area contributed by atoms with Crippen LogP contribution in [0.5, 0.6) is 0 Å². The molecule has 0 bridgehead atoms. The third-order valence-electron chi connectivity index (χ3n) is 2.47. The molecule has 0 spiro atoms. The van der Waals surface area contributed by atoms with Gasteiger partial charge in [0, 0.05) is 23.0 Å². The molecule has 0 aromatic heterocycles. The quantitative estimate of drug-likeness (QED) is 0.815. The number of benzene rings is 1. The number of hydrogen-bond donors (Lipinski definition) is 1. The Morgan fingerprint density at radius 1 is 1.56 bits per heavy atom. The summed E-state index contributed by atoms with van der Waals surface area (Å²) in [5.41, 5.74) is 0. The van der Waals surface area contributed by atoms with Gasteiger partial charge in [-0.3, -0.25) is 4.79 Å². The zero-order valence-corrected chi connectivity index (χ0v) is 13.0. The van der Waals surface area contributed by atoms with Gasteiger partial charge in [0.1, 0.15) is 0 Å². The summed E-state index contributed by atoms with van der Waals surface area (Å²) < 4.78 is 1.02. The summed E-state index contributed by atoms with van der Waals surface area (Å²) in [5.74, 6) is 0.507. The van der Waals surface area contributed by atoms with Crippen LogP contribution in [0.4, 0.5) is 0 Å². The van der Waals surface area contributed by atoms with Crippen LogP contribution in [0, 0.1) is 0 Å². The van der Waals surface area contributed by atoms with Gasteiger partial charge in [0.05, 0.1) is 11.9 Å². The molecular formula is C13H18BrNO2S. The Morgan fingerprint density at radius 3 is 2.89 bits per heavy atom. The molecule has 1 aromatic rings. The third kappa shape index (κ3) is 5.89. The van der Waals surface area contributed by atoms with E-state index in [4.69, 9.17) is 0 Å². The van der Waals surface area contributed by atoms with Crippen LogP contribution in [0.1, 0.15) is 13.3 Å².